The van der Waals surface area contributed by atoms with Crippen LogP contribution in [0.25, 0.3) is 0 Å². The maximum Gasteiger partial charge on any atom is 0.229 e. The third kappa shape index (κ3) is 4.74. The molecule has 0 aromatic heterocycles. The normalized spacial score (nSPS) is 14.2. The van der Waals surface area contributed by atoms with Gasteiger partial charge < -0.3 is 10.6 Å². The lowest BCUT2D eigenvalue weighted by molar-refractivity contribution is -0.141. The van der Waals surface area contributed by atoms with Crippen LogP contribution in [0.2, 0.25) is 0 Å². The Morgan fingerprint density at radius 1 is 1.53 bits per heavy atom. The van der Waals surface area contributed by atoms with Crippen molar-refractivity contribution in [3.63, 3.8) is 0 Å². The smallest absolute Gasteiger partial charge is 0.229 e. The predicted molar refractivity (Wildman–Crippen MR) is 69.1 cm³/mol. The van der Waals surface area contributed by atoms with Crippen molar-refractivity contribution in [2.24, 2.45) is 17.1 Å². The van der Waals surface area contributed by atoms with Crippen LogP contribution in [-0.2, 0) is 4.79 Å². The van der Waals surface area contributed by atoms with Crippen LogP contribution in [0.3, 0.4) is 0 Å². The molecular formula is C13H25N3O. The fourth-order valence-corrected chi connectivity index (χ4v) is 1.67. The molecule has 4 nitrogen and oxygen atoms in total. The zero-order valence-electron chi connectivity index (χ0n) is 11.5. The Bertz CT molecular complexity index is 277. The van der Waals surface area contributed by atoms with E-state index in [4.69, 9.17) is 11.0 Å². The lowest BCUT2D eigenvalue weighted by Gasteiger charge is -2.33. The summed E-state index contributed by atoms with van der Waals surface area (Å²) in [5, 5.41) is 8.64. The quantitative estimate of drug-likeness (QED) is 0.736. The first-order chi connectivity index (χ1) is 7.91. The maximum atomic E-state index is 12.4. The van der Waals surface area contributed by atoms with Crippen LogP contribution in [-0.4, -0.2) is 30.4 Å². The molecule has 0 saturated heterocycles. The summed E-state index contributed by atoms with van der Waals surface area (Å²) >= 11 is 0. The topological polar surface area (TPSA) is 70.1 Å². The fourth-order valence-electron chi connectivity index (χ4n) is 1.67. The van der Waals surface area contributed by atoms with E-state index < -0.39 is 5.41 Å². The lowest BCUT2D eigenvalue weighted by Crippen LogP contribution is -2.47. The molecule has 2 N–H and O–H groups in total. The van der Waals surface area contributed by atoms with Gasteiger partial charge in [-0.3, -0.25) is 4.79 Å². The second-order valence-corrected chi connectivity index (χ2v) is 5.17. The van der Waals surface area contributed by atoms with Crippen LogP contribution in [0.1, 0.15) is 40.5 Å². The fraction of sp³-hybridized carbons (Fsp3) is 0.846. The van der Waals surface area contributed by atoms with Crippen LogP contribution in [0.5, 0.6) is 0 Å². The molecule has 98 valence electrons. The Morgan fingerprint density at radius 2 is 2.12 bits per heavy atom. The van der Waals surface area contributed by atoms with E-state index in [1.165, 1.54) is 0 Å². The highest BCUT2D eigenvalue weighted by Crippen LogP contribution is 2.23. The van der Waals surface area contributed by atoms with Gasteiger partial charge in [-0.15, -0.1) is 0 Å². The first kappa shape index (κ1) is 15.9. The number of hydrogen-bond donors (Lipinski definition) is 1. The minimum absolute atomic E-state index is 0.0754. The Balaban J connectivity index is 4.78. The number of rotatable bonds is 7. The lowest BCUT2D eigenvalue weighted by atomic mass is 9.85. The van der Waals surface area contributed by atoms with Crippen molar-refractivity contribution in [1.29, 1.82) is 5.26 Å². The van der Waals surface area contributed by atoms with Gasteiger partial charge in [0.15, 0.2) is 0 Å². The van der Waals surface area contributed by atoms with Crippen molar-refractivity contribution in [3.8, 4) is 6.07 Å². The van der Waals surface area contributed by atoms with Gasteiger partial charge in [0.1, 0.15) is 0 Å². The van der Waals surface area contributed by atoms with Gasteiger partial charge in [-0.1, -0.05) is 20.8 Å². The van der Waals surface area contributed by atoms with Gasteiger partial charge in [0.25, 0.3) is 0 Å². The molecule has 1 atom stereocenters. The van der Waals surface area contributed by atoms with E-state index in [9.17, 15) is 4.79 Å². The van der Waals surface area contributed by atoms with Gasteiger partial charge in [0.2, 0.25) is 5.91 Å². The van der Waals surface area contributed by atoms with Crippen LogP contribution < -0.4 is 5.73 Å². The molecule has 0 rings (SSSR count). The second-order valence-electron chi connectivity index (χ2n) is 5.17. The molecule has 17 heavy (non-hydrogen) atoms. The Morgan fingerprint density at radius 3 is 2.47 bits per heavy atom. The highest BCUT2D eigenvalue weighted by atomic mass is 16.2. The summed E-state index contributed by atoms with van der Waals surface area (Å²) in [5.74, 6) is 0.475. The molecule has 1 unspecified atom stereocenters. The maximum absolute atomic E-state index is 12.4. The highest BCUT2D eigenvalue weighted by Gasteiger charge is 2.33. The summed E-state index contributed by atoms with van der Waals surface area (Å²) in [7, 11) is 0. The SMILES string of the molecule is CCC(C)(CN)C(=O)N(CCC#N)CC(C)C. The van der Waals surface area contributed by atoms with E-state index in [1.54, 1.807) is 4.90 Å². The summed E-state index contributed by atoms with van der Waals surface area (Å²) < 4.78 is 0. The average Bonchev–Trinajstić information content (AvgIpc) is 2.32. The molecule has 0 aliphatic rings. The van der Waals surface area contributed by atoms with Crippen LogP contribution in [0, 0.1) is 22.7 Å². The van der Waals surface area contributed by atoms with E-state index in [2.05, 4.69) is 19.9 Å². The molecule has 4 heteroatoms. The highest BCUT2D eigenvalue weighted by molar-refractivity contribution is 5.82. The van der Waals surface area contributed by atoms with Gasteiger partial charge in [-0.25, -0.2) is 0 Å². The van der Waals surface area contributed by atoms with Crippen LogP contribution >= 0.6 is 0 Å². The minimum Gasteiger partial charge on any atom is -0.341 e. The zero-order chi connectivity index (χ0) is 13.5. The molecule has 0 fully saturated rings. The van der Waals surface area contributed by atoms with Crippen molar-refractivity contribution in [2.45, 2.75) is 40.5 Å². The first-order valence-electron chi connectivity index (χ1n) is 6.27. The Kier molecular flexibility index (Phi) is 6.82. The molecule has 0 heterocycles. The largest absolute Gasteiger partial charge is 0.341 e. The van der Waals surface area contributed by atoms with E-state index in [1.807, 2.05) is 13.8 Å². The van der Waals surface area contributed by atoms with E-state index in [-0.39, 0.29) is 5.91 Å². The molecule has 0 bridgehead atoms. The van der Waals surface area contributed by atoms with Crippen LogP contribution in [0.4, 0.5) is 0 Å². The molecule has 0 aromatic rings. The number of nitrogens with two attached hydrogens (primary N) is 1. The first-order valence-corrected chi connectivity index (χ1v) is 6.27. The van der Waals surface area contributed by atoms with Crippen molar-refractivity contribution in [1.82, 2.24) is 4.90 Å². The molecule has 0 saturated carbocycles. The van der Waals surface area contributed by atoms with Gasteiger partial charge in [-0.2, -0.15) is 5.26 Å². The Labute approximate surface area is 105 Å². The summed E-state index contributed by atoms with van der Waals surface area (Å²) in [4.78, 5) is 14.2. The van der Waals surface area contributed by atoms with Crippen molar-refractivity contribution in [3.05, 3.63) is 0 Å². The third-order valence-electron chi connectivity index (χ3n) is 3.11. The number of nitriles is 1. The van der Waals surface area contributed by atoms with E-state index in [0.717, 1.165) is 6.42 Å². The predicted octanol–water partition coefficient (Wildman–Crippen LogP) is 1.76. The van der Waals surface area contributed by atoms with Crippen molar-refractivity contribution >= 4 is 5.91 Å². The van der Waals surface area contributed by atoms with Gasteiger partial charge >= 0.3 is 0 Å². The number of amides is 1. The molecular weight excluding hydrogens is 214 g/mol. The summed E-state index contributed by atoms with van der Waals surface area (Å²) in [6.45, 7) is 9.55. The molecule has 0 aromatic carbocycles. The number of carbonyl (C=O) groups is 1. The summed E-state index contributed by atoms with van der Waals surface area (Å²) in [5.41, 5.74) is 5.21. The third-order valence-corrected chi connectivity index (χ3v) is 3.11. The zero-order valence-corrected chi connectivity index (χ0v) is 11.5. The number of carbonyl (C=O) groups excluding carboxylic acids is 1. The Hall–Kier alpha value is -1.08. The molecule has 0 aliphatic heterocycles. The molecule has 0 spiro atoms. The van der Waals surface area contributed by atoms with Crippen molar-refractivity contribution < 1.29 is 4.79 Å². The molecule has 1 amide bonds. The summed E-state index contributed by atoms with van der Waals surface area (Å²) in [6, 6.07) is 2.09. The summed E-state index contributed by atoms with van der Waals surface area (Å²) in [6.07, 6.45) is 1.10. The second kappa shape index (κ2) is 7.29. The monoisotopic (exact) mass is 239 g/mol. The van der Waals surface area contributed by atoms with Gasteiger partial charge in [0, 0.05) is 19.6 Å². The van der Waals surface area contributed by atoms with E-state index >= 15 is 0 Å². The molecule has 0 radical (unpaired) electrons. The van der Waals surface area contributed by atoms with Crippen molar-refractivity contribution in [2.75, 3.05) is 19.6 Å². The minimum atomic E-state index is -0.496. The van der Waals surface area contributed by atoms with Gasteiger partial charge in [-0.05, 0) is 19.3 Å². The van der Waals surface area contributed by atoms with Gasteiger partial charge in [0.05, 0.1) is 17.9 Å². The molecule has 0 aliphatic carbocycles. The standard InChI is InChI=1S/C13H25N3O/c1-5-13(4,10-15)12(17)16(8-6-7-14)9-11(2)3/h11H,5-6,8-10,15H2,1-4H3. The number of hydrogen-bond acceptors (Lipinski definition) is 3. The van der Waals surface area contributed by atoms with E-state index in [0.29, 0.717) is 32.0 Å². The number of nitrogens with zero attached hydrogens (tertiary/aromatic N) is 2. The average molecular weight is 239 g/mol. The van der Waals surface area contributed by atoms with Crippen LogP contribution in [0.15, 0.2) is 0 Å².